The molecule has 1 fully saturated rings. The summed E-state index contributed by atoms with van der Waals surface area (Å²) in [6.07, 6.45) is 5.81. The number of hydrogen-bond acceptors (Lipinski definition) is 2. The van der Waals surface area contributed by atoms with Crippen LogP contribution in [0, 0.1) is 5.82 Å². The molecule has 104 valence electrons. The number of carbonyl (C=O) groups excluding carboxylic acids is 1. The van der Waals surface area contributed by atoms with Crippen molar-refractivity contribution >= 4 is 27.5 Å². The van der Waals surface area contributed by atoms with Crippen molar-refractivity contribution in [3.8, 4) is 0 Å². The molecule has 2 N–H and O–H groups in total. The molecular weight excluding hydrogens is 311 g/mol. The van der Waals surface area contributed by atoms with Gasteiger partial charge in [-0.25, -0.2) is 4.39 Å². The molecule has 0 saturated heterocycles. The van der Waals surface area contributed by atoms with Gasteiger partial charge in [-0.3, -0.25) is 4.79 Å². The third kappa shape index (κ3) is 4.49. The maximum Gasteiger partial charge on any atom is 0.239 e. The van der Waals surface area contributed by atoms with Gasteiger partial charge in [-0.15, -0.1) is 0 Å². The molecule has 1 aliphatic rings. The Hall–Kier alpha value is -1.10. The summed E-state index contributed by atoms with van der Waals surface area (Å²) in [6.45, 7) is 0.209. The summed E-state index contributed by atoms with van der Waals surface area (Å²) >= 11 is 3.26. The van der Waals surface area contributed by atoms with Crippen LogP contribution in [0.3, 0.4) is 0 Å². The molecule has 5 heteroatoms. The molecule has 1 aliphatic carbocycles. The molecule has 0 bridgehead atoms. The molecule has 1 saturated carbocycles. The molecule has 0 heterocycles. The number of rotatable bonds is 4. The molecule has 2 rings (SSSR count). The second-order valence-corrected chi connectivity index (χ2v) is 5.73. The summed E-state index contributed by atoms with van der Waals surface area (Å²) in [4.78, 5) is 11.8. The highest BCUT2D eigenvalue weighted by Crippen LogP contribution is 2.22. The minimum absolute atomic E-state index is 0.0110. The molecule has 1 aromatic carbocycles. The van der Waals surface area contributed by atoms with Crippen LogP contribution < -0.4 is 10.6 Å². The van der Waals surface area contributed by atoms with Crippen LogP contribution in [0.5, 0.6) is 0 Å². The van der Waals surface area contributed by atoms with Gasteiger partial charge in [0.15, 0.2) is 0 Å². The number of halogens is 2. The van der Waals surface area contributed by atoms with Crippen molar-refractivity contribution in [2.45, 2.75) is 38.1 Å². The topological polar surface area (TPSA) is 41.1 Å². The van der Waals surface area contributed by atoms with Gasteiger partial charge in [0, 0.05) is 16.2 Å². The van der Waals surface area contributed by atoms with Crippen LogP contribution in [0.1, 0.15) is 32.1 Å². The van der Waals surface area contributed by atoms with Gasteiger partial charge in [0.2, 0.25) is 5.91 Å². The Morgan fingerprint density at radius 1 is 1.32 bits per heavy atom. The van der Waals surface area contributed by atoms with Crippen molar-refractivity contribution in [3.05, 3.63) is 28.5 Å². The van der Waals surface area contributed by atoms with Crippen LogP contribution in [-0.2, 0) is 4.79 Å². The van der Waals surface area contributed by atoms with E-state index in [0.717, 1.165) is 18.5 Å². The monoisotopic (exact) mass is 328 g/mol. The summed E-state index contributed by atoms with van der Waals surface area (Å²) < 4.78 is 13.5. The zero-order chi connectivity index (χ0) is 13.7. The molecule has 1 aromatic rings. The van der Waals surface area contributed by atoms with Crippen molar-refractivity contribution in [1.82, 2.24) is 5.32 Å². The molecular formula is C14H18BrFN2O. The van der Waals surface area contributed by atoms with Crippen molar-refractivity contribution in [1.29, 1.82) is 0 Å². The lowest BCUT2D eigenvalue weighted by atomic mass is 9.95. The number of carbonyl (C=O) groups is 1. The summed E-state index contributed by atoms with van der Waals surface area (Å²) in [7, 11) is 0. The third-order valence-electron chi connectivity index (χ3n) is 3.34. The lowest BCUT2D eigenvalue weighted by Gasteiger charge is -2.23. The number of nitrogens with one attached hydrogen (secondary N) is 2. The second-order valence-electron chi connectivity index (χ2n) is 4.88. The Labute approximate surface area is 121 Å². The molecule has 0 radical (unpaired) electrons. The fourth-order valence-electron chi connectivity index (χ4n) is 2.33. The maximum atomic E-state index is 12.9. The molecule has 1 amide bonds. The van der Waals surface area contributed by atoms with E-state index in [2.05, 4.69) is 26.6 Å². The van der Waals surface area contributed by atoms with E-state index < -0.39 is 0 Å². The first kappa shape index (κ1) is 14.3. The van der Waals surface area contributed by atoms with Gasteiger partial charge in [0.25, 0.3) is 0 Å². The maximum absolute atomic E-state index is 12.9. The summed E-state index contributed by atoms with van der Waals surface area (Å²) in [6, 6.07) is 4.68. The zero-order valence-electron chi connectivity index (χ0n) is 10.7. The summed E-state index contributed by atoms with van der Waals surface area (Å²) in [5, 5.41) is 6.03. The van der Waals surface area contributed by atoms with E-state index in [1.165, 1.54) is 31.4 Å². The molecule has 0 aromatic heterocycles. The Kier molecular flexibility index (Phi) is 5.19. The van der Waals surface area contributed by atoms with E-state index in [1.807, 2.05) is 0 Å². The zero-order valence-corrected chi connectivity index (χ0v) is 12.3. The predicted molar refractivity (Wildman–Crippen MR) is 77.6 cm³/mol. The minimum Gasteiger partial charge on any atom is -0.375 e. The number of anilines is 1. The van der Waals surface area contributed by atoms with Crippen molar-refractivity contribution in [3.63, 3.8) is 0 Å². The average molecular weight is 329 g/mol. The smallest absolute Gasteiger partial charge is 0.239 e. The van der Waals surface area contributed by atoms with Crippen LogP contribution in [-0.4, -0.2) is 18.5 Å². The Morgan fingerprint density at radius 2 is 2.05 bits per heavy atom. The van der Waals surface area contributed by atoms with E-state index in [4.69, 9.17) is 0 Å². The van der Waals surface area contributed by atoms with Gasteiger partial charge < -0.3 is 10.6 Å². The van der Waals surface area contributed by atoms with E-state index in [1.54, 1.807) is 6.07 Å². The fourth-order valence-corrected chi connectivity index (χ4v) is 2.83. The van der Waals surface area contributed by atoms with Gasteiger partial charge in [0.05, 0.1) is 6.54 Å². The molecule has 0 spiro atoms. The van der Waals surface area contributed by atoms with Crippen molar-refractivity contribution in [2.24, 2.45) is 0 Å². The van der Waals surface area contributed by atoms with E-state index in [-0.39, 0.29) is 18.3 Å². The quantitative estimate of drug-likeness (QED) is 0.888. The number of hydrogen-bond donors (Lipinski definition) is 2. The van der Waals surface area contributed by atoms with Gasteiger partial charge in [-0.05, 0) is 47.0 Å². The Morgan fingerprint density at radius 3 is 2.74 bits per heavy atom. The number of benzene rings is 1. The lowest BCUT2D eigenvalue weighted by Crippen LogP contribution is -2.39. The van der Waals surface area contributed by atoms with Crippen LogP contribution in [0.2, 0.25) is 0 Å². The van der Waals surface area contributed by atoms with Crippen molar-refractivity contribution < 1.29 is 9.18 Å². The molecule has 3 nitrogen and oxygen atoms in total. The highest BCUT2D eigenvalue weighted by atomic mass is 79.9. The summed E-state index contributed by atoms with van der Waals surface area (Å²) in [5.74, 6) is -0.313. The summed E-state index contributed by atoms with van der Waals surface area (Å²) in [5.41, 5.74) is 0.722. The van der Waals surface area contributed by atoms with Crippen molar-refractivity contribution in [2.75, 3.05) is 11.9 Å². The minimum atomic E-state index is -0.302. The highest BCUT2D eigenvalue weighted by molar-refractivity contribution is 9.10. The van der Waals surface area contributed by atoms with Gasteiger partial charge in [-0.1, -0.05) is 19.3 Å². The average Bonchev–Trinajstić information content (AvgIpc) is 2.39. The van der Waals surface area contributed by atoms with Gasteiger partial charge in [-0.2, -0.15) is 0 Å². The Balaban J connectivity index is 1.79. The molecule has 0 unspecified atom stereocenters. The van der Waals surface area contributed by atoms with E-state index >= 15 is 0 Å². The van der Waals surface area contributed by atoms with Gasteiger partial charge in [0.1, 0.15) is 5.82 Å². The van der Waals surface area contributed by atoms with Crippen LogP contribution in [0.15, 0.2) is 22.7 Å². The van der Waals surface area contributed by atoms with Crippen LogP contribution in [0.4, 0.5) is 10.1 Å². The number of amides is 1. The lowest BCUT2D eigenvalue weighted by molar-refractivity contribution is -0.120. The standard InChI is InChI=1S/C14H18BrFN2O/c15-12-8-10(16)6-7-13(12)17-9-14(19)18-11-4-2-1-3-5-11/h6-8,11,17H,1-5,9H2,(H,18,19). The second kappa shape index (κ2) is 6.89. The normalized spacial score (nSPS) is 16.1. The highest BCUT2D eigenvalue weighted by Gasteiger charge is 2.15. The third-order valence-corrected chi connectivity index (χ3v) is 4.00. The Bertz CT molecular complexity index is 447. The SMILES string of the molecule is O=C(CNc1ccc(F)cc1Br)NC1CCCCC1. The largest absolute Gasteiger partial charge is 0.375 e. The van der Waals surface area contributed by atoms with E-state index in [9.17, 15) is 9.18 Å². The van der Waals surface area contributed by atoms with E-state index in [0.29, 0.717) is 10.5 Å². The van der Waals surface area contributed by atoms with Gasteiger partial charge >= 0.3 is 0 Å². The molecule has 0 aliphatic heterocycles. The first-order chi connectivity index (χ1) is 9.15. The first-order valence-electron chi connectivity index (χ1n) is 6.63. The predicted octanol–water partition coefficient (Wildman–Crippen LogP) is 3.45. The first-order valence-corrected chi connectivity index (χ1v) is 7.43. The molecule has 19 heavy (non-hydrogen) atoms. The van der Waals surface area contributed by atoms with Crippen LogP contribution >= 0.6 is 15.9 Å². The molecule has 0 atom stereocenters. The fraction of sp³-hybridized carbons (Fsp3) is 0.500. The van der Waals surface area contributed by atoms with Crippen LogP contribution in [0.25, 0.3) is 0 Å².